The fourth-order valence-corrected chi connectivity index (χ4v) is 3.11. The van der Waals surface area contributed by atoms with Crippen LogP contribution >= 0.6 is 0 Å². The molecule has 2 rings (SSSR count). The third-order valence-electron chi connectivity index (χ3n) is 2.84. The molecule has 1 N–H and O–H groups in total. The number of aryl methyl sites for hydroxylation is 1. The molecule has 7 heteroatoms. The molecule has 0 radical (unpaired) electrons. The molecule has 0 bridgehead atoms. The summed E-state index contributed by atoms with van der Waals surface area (Å²) in [6.45, 7) is 0.777. The summed E-state index contributed by atoms with van der Waals surface area (Å²) in [5.74, 6) is -0.873. The van der Waals surface area contributed by atoms with E-state index in [0.717, 1.165) is 10.0 Å². The second-order valence-electron chi connectivity index (χ2n) is 4.26. The summed E-state index contributed by atoms with van der Waals surface area (Å²) in [5.41, 5.74) is 0.795. The fourth-order valence-electron chi connectivity index (χ4n) is 1.81. The lowest BCUT2D eigenvalue weighted by Crippen LogP contribution is -2.26. The Bertz CT molecular complexity index is 546. The minimum absolute atomic E-state index is 0.0291. The molecule has 0 saturated carbocycles. The number of rotatable bonds is 5. The van der Waals surface area contributed by atoms with Crippen molar-refractivity contribution in [3.63, 3.8) is 0 Å². The van der Waals surface area contributed by atoms with Gasteiger partial charge in [-0.25, -0.2) is 8.42 Å². The molecule has 1 heterocycles. The Morgan fingerprint density at radius 2 is 2.00 bits per heavy atom. The SMILES string of the molecule is O=C(O)CCc1ccc(S(=O)(=O)N2CCCO2)cc1. The Hall–Kier alpha value is -1.44. The molecule has 6 nitrogen and oxygen atoms in total. The second kappa shape index (κ2) is 5.68. The van der Waals surface area contributed by atoms with E-state index in [1.54, 1.807) is 12.1 Å². The second-order valence-corrected chi connectivity index (χ2v) is 6.08. The maximum atomic E-state index is 12.1. The summed E-state index contributed by atoms with van der Waals surface area (Å²) < 4.78 is 25.2. The van der Waals surface area contributed by atoms with Crippen LogP contribution in [0.25, 0.3) is 0 Å². The van der Waals surface area contributed by atoms with Crippen LogP contribution in [0.4, 0.5) is 0 Å². The van der Waals surface area contributed by atoms with E-state index < -0.39 is 16.0 Å². The molecule has 1 aromatic rings. The highest BCUT2D eigenvalue weighted by Crippen LogP contribution is 2.20. The zero-order valence-electron chi connectivity index (χ0n) is 10.3. The van der Waals surface area contributed by atoms with Crippen LogP contribution in [-0.2, 0) is 26.1 Å². The smallest absolute Gasteiger partial charge is 0.303 e. The van der Waals surface area contributed by atoms with Crippen molar-refractivity contribution in [1.29, 1.82) is 0 Å². The number of hydroxylamine groups is 1. The fraction of sp³-hybridized carbons (Fsp3) is 0.417. The Labute approximate surface area is 111 Å². The number of carboxylic acid groups (broad SMARTS) is 1. The summed E-state index contributed by atoms with van der Waals surface area (Å²) in [4.78, 5) is 15.7. The average molecular weight is 285 g/mol. The average Bonchev–Trinajstić information content (AvgIpc) is 2.91. The van der Waals surface area contributed by atoms with E-state index in [4.69, 9.17) is 9.94 Å². The molecule has 0 aliphatic carbocycles. The van der Waals surface area contributed by atoms with E-state index in [2.05, 4.69) is 0 Å². The summed E-state index contributed by atoms with van der Waals surface area (Å²) in [6.07, 6.45) is 1.10. The van der Waals surface area contributed by atoms with Gasteiger partial charge in [0.05, 0.1) is 11.5 Å². The lowest BCUT2D eigenvalue weighted by atomic mass is 10.1. The predicted molar refractivity (Wildman–Crippen MR) is 66.9 cm³/mol. The molecule has 0 unspecified atom stereocenters. The van der Waals surface area contributed by atoms with Crippen molar-refractivity contribution < 1.29 is 23.2 Å². The van der Waals surface area contributed by atoms with Crippen molar-refractivity contribution in [2.24, 2.45) is 0 Å². The highest BCUT2D eigenvalue weighted by Gasteiger charge is 2.28. The number of sulfonamides is 1. The van der Waals surface area contributed by atoms with E-state index >= 15 is 0 Å². The molecule has 19 heavy (non-hydrogen) atoms. The molecular formula is C12H15NO5S. The molecule has 104 valence electrons. The molecule has 1 saturated heterocycles. The molecule has 0 spiro atoms. The standard InChI is InChI=1S/C12H15NO5S/c14-12(15)7-4-10-2-5-11(6-3-10)19(16,17)13-8-1-9-18-13/h2-3,5-6H,1,4,7-9H2,(H,14,15). The van der Waals surface area contributed by atoms with Gasteiger partial charge in [-0.2, -0.15) is 0 Å². The normalized spacial score (nSPS) is 16.6. The molecule has 0 amide bonds. The first-order valence-electron chi connectivity index (χ1n) is 5.96. The maximum absolute atomic E-state index is 12.1. The number of carbonyl (C=O) groups is 1. The van der Waals surface area contributed by atoms with Crippen molar-refractivity contribution in [2.75, 3.05) is 13.2 Å². The number of aliphatic carboxylic acids is 1. The van der Waals surface area contributed by atoms with Crippen LogP contribution in [0.2, 0.25) is 0 Å². The first-order chi connectivity index (χ1) is 9.00. The quantitative estimate of drug-likeness (QED) is 0.873. The van der Waals surface area contributed by atoms with Crippen molar-refractivity contribution in [1.82, 2.24) is 4.47 Å². The van der Waals surface area contributed by atoms with Crippen molar-refractivity contribution in [3.05, 3.63) is 29.8 Å². The van der Waals surface area contributed by atoms with Crippen LogP contribution in [0.3, 0.4) is 0 Å². The molecule has 0 atom stereocenters. The molecule has 1 fully saturated rings. The summed E-state index contributed by atoms with van der Waals surface area (Å²) in [5, 5.41) is 8.58. The Balaban J connectivity index is 2.11. The number of hydrogen-bond donors (Lipinski definition) is 1. The van der Waals surface area contributed by atoms with Gasteiger partial charge in [0.2, 0.25) is 0 Å². The highest BCUT2D eigenvalue weighted by molar-refractivity contribution is 7.89. The van der Waals surface area contributed by atoms with Crippen LogP contribution < -0.4 is 0 Å². The van der Waals surface area contributed by atoms with Gasteiger partial charge in [-0.05, 0) is 30.5 Å². The van der Waals surface area contributed by atoms with Gasteiger partial charge in [0.1, 0.15) is 0 Å². The van der Waals surface area contributed by atoms with E-state index in [1.807, 2.05) is 0 Å². The van der Waals surface area contributed by atoms with Gasteiger partial charge >= 0.3 is 5.97 Å². The Morgan fingerprint density at radius 1 is 1.32 bits per heavy atom. The monoisotopic (exact) mass is 285 g/mol. The third kappa shape index (κ3) is 3.31. The zero-order valence-corrected chi connectivity index (χ0v) is 11.1. The van der Waals surface area contributed by atoms with Crippen molar-refractivity contribution in [3.8, 4) is 0 Å². The highest BCUT2D eigenvalue weighted by atomic mass is 32.2. The summed E-state index contributed by atoms with van der Waals surface area (Å²) >= 11 is 0. The first-order valence-corrected chi connectivity index (χ1v) is 7.40. The Kier molecular flexibility index (Phi) is 4.18. The van der Waals surface area contributed by atoms with Crippen LogP contribution in [0, 0.1) is 0 Å². The van der Waals surface area contributed by atoms with E-state index in [1.165, 1.54) is 12.1 Å². The van der Waals surface area contributed by atoms with Gasteiger partial charge in [-0.3, -0.25) is 9.63 Å². The molecule has 0 aromatic heterocycles. The number of carboxylic acids is 1. The van der Waals surface area contributed by atoms with Crippen LogP contribution in [-0.4, -0.2) is 37.1 Å². The zero-order chi connectivity index (χ0) is 13.9. The van der Waals surface area contributed by atoms with Gasteiger partial charge in [-0.15, -0.1) is 0 Å². The van der Waals surface area contributed by atoms with Crippen LogP contribution in [0.15, 0.2) is 29.2 Å². The van der Waals surface area contributed by atoms with E-state index in [9.17, 15) is 13.2 Å². The lowest BCUT2D eigenvalue weighted by molar-refractivity contribution is -0.136. The van der Waals surface area contributed by atoms with Gasteiger partial charge in [0.25, 0.3) is 10.0 Å². The summed E-state index contributed by atoms with van der Waals surface area (Å²) in [6, 6.07) is 6.22. The van der Waals surface area contributed by atoms with Gasteiger partial charge < -0.3 is 5.11 Å². The molecule has 1 aromatic carbocycles. The predicted octanol–water partition coefficient (Wildman–Crippen LogP) is 1.03. The number of nitrogens with zero attached hydrogens (tertiary/aromatic N) is 1. The molecular weight excluding hydrogens is 270 g/mol. The first kappa shape index (κ1) is 14.0. The minimum Gasteiger partial charge on any atom is -0.481 e. The van der Waals surface area contributed by atoms with E-state index in [-0.39, 0.29) is 11.3 Å². The third-order valence-corrected chi connectivity index (χ3v) is 4.53. The van der Waals surface area contributed by atoms with Crippen LogP contribution in [0.1, 0.15) is 18.4 Å². The van der Waals surface area contributed by atoms with Crippen molar-refractivity contribution in [2.45, 2.75) is 24.2 Å². The Morgan fingerprint density at radius 3 is 2.53 bits per heavy atom. The lowest BCUT2D eigenvalue weighted by Gasteiger charge is -2.14. The van der Waals surface area contributed by atoms with Crippen molar-refractivity contribution >= 4 is 16.0 Å². The van der Waals surface area contributed by atoms with Gasteiger partial charge in [0.15, 0.2) is 0 Å². The summed E-state index contributed by atoms with van der Waals surface area (Å²) in [7, 11) is -3.59. The molecule has 1 aliphatic rings. The minimum atomic E-state index is -3.59. The number of hydrogen-bond acceptors (Lipinski definition) is 4. The van der Waals surface area contributed by atoms with Gasteiger partial charge in [-0.1, -0.05) is 16.6 Å². The van der Waals surface area contributed by atoms with Gasteiger partial charge in [0, 0.05) is 13.0 Å². The largest absolute Gasteiger partial charge is 0.481 e. The number of benzene rings is 1. The van der Waals surface area contributed by atoms with Crippen LogP contribution in [0.5, 0.6) is 0 Å². The topological polar surface area (TPSA) is 83.9 Å². The molecule has 1 aliphatic heterocycles. The van der Waals surface area contributed by atoms with E-state index in [0.29, 0.717) is 26.0 Å². The maximum Gasteiger partial charge on any atom is 0.303 e.